The van der Waals surface area contributed by atoms with Gasteiger partial charge in [0.15, 0.2) is 6.10 Å². The van der Waals surface area contributed by atoms with E-state index >= 15 is 0 Å². The fourth-order valence-corrected chi connectivity index (χ4v) is 1.93. The van der Waals surface area contributed by atoms with E-state index < -0.39 is 12.1 Å². The molecule has 3 nitrogen and oxygen atoms in total. The van der Waals surface area contributed by atoms with Crippen LogP contribution in [0.25, 0.3) is 0 Å². The molecule has 0 aromatic carbocycles. The van der Waals surface area contributed by atoms with Gasteiger partial charge in [-0.2, -0.15) is 0 Å². The van der Waals surface area contributed by atoms with Crippen LogP contribution in [-0.4, -0.2) is 22.8 Å². The van der Waals surface area contributed by atoms with Crippen molar-refractivity contribution in [1.82, 2.24) is 0 Å². The molecule has 1 aliphatic carbocycles. The van der Waals surface area contributed by atoms with E-state index in [1.807, 2.05) is 0 Å². The maximum atomic E-state index is 10.5. The number of aliphatic carboxylic acids is 1. The van der Waals surface area contributed by atoms with Crippen LogP contribution in [0.1, 0.15) is 32.1 Å². The van der Waals surface area contributed by atoms with Crippen molar-refractivity contribution in [3.05, 3.63) is 0 Å². The molecule has 0 aromatic rings. The van der Waals surface area contributed by atoms with Gasteiger partial charge in [-0.1, -0.05) is 0 Å². The summed E-state index contributed by atoms with van der Waals surface area (Å²) in [4.78, 5) is 10.5. The molecule has 2 aliphatic rings. The molecular formula is C8H12O3. The Morgan fingerprint density at radius 3 is 2.45 bits per heavy atom. The SMILES string of the molecule is O=C(O)C1CCC2(CCC2)O1. The number of ether oxygens (including phenoxy) is 1. The van der Waals surface area contributed by atoms with Crippen molar-refractivity contribution in [2.75, 3.05) is 0 Å². The minimum atomic E-state index is -0.797. The highest BCUT2D eigenvalue weighted by Crippen LogP contribution is 2.45. The Morgan fingerprint density at radius 1 is 1.45 bits per heavy atom. The van der Waals surface area contributed by atoms with E-state index in [-0.39, 0.29) is 5.60 Å². The van der Waals surface area contributed by atoms with Crippen LogP contribution in [0.4, 0.5) is 0 Å². The van der Waals surface area contributed by atoms with Gasteiger partial charge >= 0.3 is 5.97 Å². The van der Waals surface area contributed by atoms with Gasteiger partial charge in [0.2, 0.25) is 0 Å². The van der Waals surface area contributed by atoms with Crippen LogP contribution in [0, 0.1) is 0 Å². The second kappa shape index (κ2) is 2.21. The topological polar surface area (TPSA) is 46.5 Å². The molecule has 1 saturated carbocycles. The van der Waals surface area contributed by atoms with Crippen LogP contribution in [0.5, 0.6) is 0 Å². The molecule has 1 atom stereocenters. The van der Waals surface area contributed by atoms with E-state index in [1.165, 1.54) is 6.42 Å². The Balaban J connectivity index is 1.98. The maximum Gasteiger partial charge on any atom is 0.332 e. The average molecular weight is 156 g/mol. The quantitative estimate of drug-likeness (QED) is 0.620. The summed E-state index contributed by atoms with van der Waals surface area (Å²) >= 11 is 0. The van der Waals surface area contributed by atoms with Gasteiger partial charge in [-0.3, -0.25) is 0 Å². The molecule has 1 N–H and O–H groups in total. The predicted molar refractivity (Wildman–Crippen MR) is 38.3 cm³/mol. The first-order valence-electron chi connectivity index (χ1n) is 4.13. The zero-order valence-corrected chi connectivity index (χ0v) is 6.38. The molecule has 1 saturated heterocycles. The molecule has 3 heteroatoms. The van der Waals surface area contributed by atoms with Crippen molar-refractivity contribution in [2.24, 2.45) is 0 Å². The number of carboxylic acids is 1. The van der Waals surface area contributed by atoms with E-state index in [4.69, 9.17) is 9.84 Å². The lowest BCUT2D eigenvalue weighted by Gasteiger charge is -2.37. The van der Waals surface area contributed by atoms with Gasteiger partial charge in [0, 0.05) is 0 Å². The fraction of sp³-hybridized carbons (Fsp3) is 0.875. The second-order valence-electron chi connectivity index (χ2n) is 3.52. The molecule has 1 heterocycles. The van der Waals surface area contributed by atoms with Crippen molar-refractivity contribution in [2.45, 2.75) is 43.8 Å². The largest absolute Gasteiger partial charge is 0.479 e. The summed E-state index contributed by atoms with van der Waals surface area (Å²) in [6.45, 7) is 0. The first-order chi connectivity index (χ1) is 5.22. The molecule has 0 amide bonds. The van der Waals surface area contributed by atoms with Crippen LogP contribution < -0.4 is 0 Å². The van der Waals surface area contributed by atoms with Crippen molar-refractivity contribution in [3.63, 3.8) is 0 Å². The molecule has 11 heavy (non-hydrogen) atoms. The minimum Gasteiger partial charge on any atom is -0.479 e. The Kier molecular flexibility index (Phi) is 1.42. The van der Waals surface area contributed by atoms with Gasteiger partial charge in [-0.25, -0.2) is 4.79 Å². The summed E-state index contributed by atoms with van der Waals surface area (Å²) < 4.78 is 5.45. The number of hydrogen-bond donors (Lipinski definition) is 1. The van der Waals surface area contributed by atoms with E-state index in [0.29, 0.717) is 6.42 Å². The van der Waals surface area contributed by atoms with Crippen LogP contribution in [0.2, 0.25) is 0 Å². The number of carboxylic acid groups (broad SMARTS) is 1. The van der Waals surface area contributed by atoms with Crippen LogP contribution in [-0.2, 0) is 9.53 Å². The monoisotopic (exact) mass is 156 g/mol. The first-order valence-corrected chi connectivity index (χ1v) is 4.13. The normalized spacial score (nSPS) is 33.6. The van der Waals surface area contributed by atoms with Gasteiger partial charge in [0.05, 0.1) is 5.60 Å². The summed E-state index contributed by atoms with van der Waals surface area (Å²) in [5.74, 6) is -0.797. The summed E-state index contributed by atoms with van der Waals surface area (Å²) in [7, 11) is 0. The fourth-order valence-electron chi connectivity index (χ4n) is 1.93. The number of carbonyl (C=O) groups is 1. The molecule has 62 valence electrons. The smallest absolute Gasteiger partial charge is 0.332 e. The highest BCUT2D eigenvalue weighted by molar-refractivity contribution is 5.72. The van der Waals surface area contributed by atoms with Crippen molar-refractivity contribution < 1.29 is 14.6 Å². The van der Waals surface area contributed by atoms with Gasteiger partial charge in [-0.05, 0) is 32.1 Å². The molecule has 1 aliphatic heterocycles. The van der Waals surface area contributed by atoms with Crippen LogP contribution in [0.15, 0.2) is 0 Å². The highest BCUT2D eigenvalue weighted by atomic mass is 16.5. The lowest BCUT2D eigenvalue weighted by atomic mass is 9.78. The standard InChI is InChI=1S/C8H12O3/c9-7(10)6-2-5-8(11-6)3-1-4-8/h6H,1-5H2,(H,9,10). The van der Waals surface area contributed by atoms with Crippen molar-refractivity contribution in [3.8, 4) is 0 Å². The minimum absolute atomic E-state index is 0.0109. The van der Waals surface area contributed by atoms with E-state index in [2.05, 4.69) is 0 Å². The molecule has 2 rings (SSSR count). The zero-order chi connectivity index (χ0) is 7.90. The number of hydrogen-bond acceptors (Lipinski definition) is 2. The highest BCUT2D eigenvalue weighted by Gasteiger charge is 2.46. The van der Waals surface area contributed by atoms with Gasteiger partial charge in [-0.15, -0.1) is 0 Å². The van der Waals surface area contributed by atoms with Crippen LogP contribution >= 0.6 is 0 Å². The number of rotatable bonds is 1. The average Bonchev–Trinajstić information content (AvgIpc) is 2.28. The Hall–Kier alpha value is -0.570. The molecule has 1 spiro atoms. The zero-order valence-electron chi connectivity index (χ0n) is 6.38. The maximum absolute atomic E-state index is 10.5. The summed E-state index contributed by atoms with van der Waals surface area (Å²) in [6.07, 6.45) is 4.47. The third-order valence-corrected chi connectivity index (χ3v) is 2.79. The van der Waals surface area contributed by atoms with E-state index in [0.717, 1.165) is 19.3 Å². The lowest BCUT2D eigenvalue weighted by Crippen LogP contribution is -2.38. The third-order valence-electron chi connectivity index (χ3n) is 2.79. The molecule has 2 fully saturated rings. The first kappa shape index (κ1) is 7.10. The Morgan fingerprint density at radius 2 is 2.18 bits per heavy atom. The summed E-state index contributed by atoms with van der Waals surface area (Å²) in [5, 5.41) is 8.64. The third kappa shape index (κ3) is 1.03. The van der Waals surface area contributed by atoms with Crippen molar-refractivity contribution >= 4 is 5.97 Å². The molecule has 0 aromatic heterocycles. The van der Waals surface area contributed by atoms with E-state index in [9.17, 15) is 4.79 Å². The molecule has 0 bridgehead atoms. The van der Waals surface area contributed by atoms with Crippen LogP contribution in [0.3, 0.4) is 0 Å². The van der Waals surface area contributed by atoms with E-state index in [1.54, 1.807) is 0 Å². The Bertz CT molecular complexity index is 184. The lowest BCUT2D eigenvalue weighted by molar-refractivity contribution is -0.160. The predicted octanol–water partition coefficient (Wildman–Crippen LogP) is 1.17. The van der Waals surface area contributed by atoms with Gasteiger partial charge in [0.1, 0.15) is 0 Å². The summed E-state index contributed by atoms with van der Waals surface area (Å²) in [5.41, 5.74) is -0.0109. The Labute approximate surface area is 65.4 Å². The molecule has 1 unspecified atom stereocenters. The van der Waals surface area contributed by atoms with Gasteiger partial charge in [0.25, 0.3) is 0 Å². The summed E-state index contributed by atoms with van der Waals surface area (Å²) in [6, 6.07) is 0. The molecule has 0 radical (unpaired) electrons. The van der Waals surface area contributed by atoms with Crippen molar-refractivity contribution in [1.29, 1.82) is 0 Å². The second-order valence-corrected chi connectivity index (χ2v) is 3.52. The molecular weight excluding hydrogens is 144 g/mol. The van der Waals surface area contributed by atoms with Gasteiger partial charge < -0.3 is 9.84 Å².